The van der Waals surface area contributed by atoms with Crippen LogP contribution in [0.4, 0.5) is 0 Å². The van der Waals surface area contributed by atoms with E-state index in [0.717, 1.165) is 10.5 Å². The summed E-state index contributed by atoms with van der Waals surface area (Å²) < 4.78 is 10.00. The van der Waals surface area contributed by atoms with Crippen LogP contribution in [0.15, 0.2) is 72.8 Å². The van der Waals surface area contributed by atoms with Gasteiger partial charge in [-0.2, -0.15) is 0 Å². The number of nitrogens with zero attached hydrogens (tertiary/aromatic N) is 1. The maximum absolute atomic E-state index is 12.8. The fraction of sp³-hybridized carbons (Fsp3) is 0.148. The molecule has 1 heterocycles. The van der Waals surface area contributed by atoms with Gasteiger partial charge >= 0.3 is 5.97 Å². The highest BCUT2D eigenvalue weighted by atomic mass is 16.5. The van der Waals surface area contributed by atoms with E-state index in [1.165, 1.54) is 37.4 Å². The Hall–Kier alpha value is -4.79. The van der Waals surface area contributed by atoms with Gasteiger partial charge in [-0.25, -0.2) is 4.79 Å². The molecule has 0 fully saturated rings. The number of esters is 1. The molecule has 1 aliphatic rings. The Bertz CT molecular complexity index is 1330. The van der Waals surface area contributed by atoms with Crippen LogP contribution in [0.25, 0.3) is 0 Å². The number of amides is 4. The fourth-order valence-electron chi connectivity index (χ4n) is 3.70. The molecule has 0 spiro atoms. The number of hydrogen-bond donors (Lipinski definition) is 1. The molecule has 36 heavy (non-hydrogen) atoms. The highest BCUT2D eigenvalue weighted by Crippen LogP contribution is 2.24. The smallest absolute Gasteiger partial charge is 0.338 e. The summed E-state index contributed by atoms with van der Waals surface area (Å²) in [6.45, 7) is -0.494. The quantitative estimate of drug-likeness (QED) is 0.384. The van der Waals surface area contributed by atoms with Crippen molar-refractivity contribution in [1.29, 1.82) is 0 Å². The van der Waals surface area contributed by atoms with Crippen molar-refractivity contribution in [2.75, 3.05) is 20.3 Å². The third-order valence-electron chi connectivity index (χ3n) is 5.61. The second-order valence-corrected chi connectivity index (χ2v) is 7.94. The molecule has 4 rings (SSSR count). The first-order valence-electron chi connectivity index (χ1n) is 11.1. The van der Waals surface area contributed by atoms with Crippen molar-refractivity contribution < 1.29 is 33.4 Å². The van der Waals surface area contributed by atoms with E-state index in [1.54, 1.807) is 12.1 Å². The number of carbonyl (C=O) groups excluding carboxylic acids is 5. The molecule has 9 nitrogen and oxygen atoms in total. The van der Waals surface area contributed by atoms with Crippen LogP contribution >= 0.6 is 0 Å². The monoisotopic (exact) mass is 486 g/mol. The van der Waals surface area contributed by atoms with Gasteiger partial charge in [0, 0.05) is 12.1 Å². The van der Waals surface area contributed by atoms with E-state index in [9.17, 15) is 24.0 Å². The summed E-state index contributed by atoms with van der Waals surface area (Å²) >= 11 is 0. The summed E-state index contributed by atoms with van der Waals surface area (Å²) in [6, 6.07) is 19.6. The molecule has 0 aromatic heterocycles. The second kappa shape index (κ2) is 10.6. The lowest BCUT2D eigenvalue weighted by Crippen LogP contribution is -2.34. The molecule has 3 aromatic carbocycles. The van der Waals surface area contributed by atoms with Crippen molar-refractivity contribution in [3.8, 4) is 5.75 Å². The van der Waals surface area contributed by atoms with E-state index in [0.29, 0.717) is 12.2 Å². The third kappa shape index (κ3) is 5.30. The first-order valence-corrected chi connectivity index (χ1v) is 11.1. The van der Waals surface area contributed by atoms with Gasteiger partial charge < -0.3 is 9.47 Å². The van der Waals surface area contributed by atoms with Gasteiger partial charge in [-0.05, 0) is 54.4 Å². The summed E-state index contributed by atoms with van der Waals surface area (Å²) in [4.78, 5) is 63.3. The predicted octanol–water partition coefficient (Wildman–Crippen LogP) is 2.65. The largest absolute Gasteiger partial charge is 0.497 e. The molecule has 182 valence electrons. The first kappa shape index (κ1) is 24.3. The molecule has 0 unspecified atom stereocenters. The second-order valence-electron chi connectivity index (χ2n) is 7.94. The zero-order valence-corrected chi connectivity index (χ0v) is 19.4. The van der Waals surface area contributed by atoms with Gasteiger partial charge in [-0.15, -0.1) is 0 Å². The van der Waals surface area contributed by atoms with Crippen molar-refractivity contribution in [1.82, 2.24) is 10.2 Å². The van der Waals surface area contributed by atoms with Gasteiger partial charge in [0.2, 0.25) is 0 Å². The summed E-state index contributed by atoms with van der Waals surface area (Å²) in [5, 5.41) is 2.13. The molecule has 0 saturated heterocycles. The maximum atomic E-state index is 12.8. The number of nitrogens with one attached hydrogen (secondary N) is 1. The van der Waals surface area contributed by atoms with Gasteiger partial charge in [-0.1, -0.05) is 30.3 Å². The Kier molecular flexibility index (Phi) is 7.20. The molecule has 1 N–H and O–H groups in total. The predicted molar refractivity (Wildman–Crippen MR) is 128 cm³/mol. The summed E-state index contributed by atoms with van der Waals surface area (Å²) in [6.07, 6.45) is 0.506. The number of benzene rings is 3. The average Bonchev–Trinajstić information content (AvgIpc) is 3.15. The molecule has 0 saturated carbocycles. The summed E-state index contributed by atoms with van der Waals surface area (Å²) in [7, 11) is 1.49. The van der Waals surface area contributed by atoms with Crippen LogP contribution in [0.5, 0.6) is 5.75 Å². The van der Waals surface area contributed by atoms with Gasteiger partial charge in [0.05, 0.1) is 23.8 Å². The van der Waals surface area contributed by atoms with Crippen molar-refractivity contribution in [3.63, 3.8) is 0 Å². The van der Waals surface area contributed by atoms with Crippen molar-refractivity contribution in [3.05, 3.63) is 101 Å². The Balaban J connectivity index is 1.33. The Morgan fingerprint density at radius 3 is 2.19 bits per heavy atom. The molecular formula is C27H22N2O7. The molecule has 0 bridgehead atoms. The number of ether oxygens (including phenoxy) is 2. The van der Waals surface area contributed by atoms with Crippen molar-refractivity contribution in [2.24, 2.45) is 0 Å². The Labute approximate surface area is 206 Å². The molecule has 4 amide bonds. The molecule has 1 aliphatic heterocycles. The molecule has 0 atom stereocenters. The van der Waals surface area contributed by atoms with E-state index in [4.69, 9.17) is 9.47 Å². The van der Waals surface area contributed by atoms with Gasteiger partial charge in [0.25, 0.3) is 23.6 Å². The minimum absolute atomic E-state index is 0.00842. The summed E-state index contributed by atoms with van der Waals surface area (Å²) in [5.41, 5.74) is 1.53. The minimum atomic E-state index is -0.868. The first-order chi connectivity index (χ1) is 17.4. The Morgan fingerprint density at radius 2 is 1.50 bits per heavy atom. The van der Waals surface area contributed by atoms with Crippen LogP contribution < -0.4 is 10.1 Å². The van der Waals surface area contributed by atoms with Gasteiger partial charge in [0.1, 0.15) is 5.75 Å². The molecule has 3 aromatic rings. The number of hydrogen-bond acceptors (Lipinski definition) is 7. The van der Waals surface area contributed by atoms with E-state index in [-0.39, 0.29) is 28.8 Å². The van der Waals surface area contributed by atoms with Gasteiger partial charge in [0.15, 0.2) is 6.61 Å². The molecule has 9 heteroatoms. The van der Waals surface area contributed by atoms with Crippen LogP contribution in [0, 0.1) is 0 Å². The zero-order valence-electron chi connectivity index (χ0n) is 19.4. The number of imide groups is 2. The third-order valence-corrected chi connectivity index (χ3v) is 5.61. The molecule has 0 aliphatic carbocycles. The van der Waals surface area contributed by atoms with Crippen LogP contribution in [0.2, 0.25) is 0 Å². The molecular weight excluding hydrogens is 464 g/mol. The standard InChI is InChI=1S/C27H22N2O7/c1-35-20-10-7-18(8-11-20)24(31)28-23(30)16-36-27(34)19-9-12-21-22(15-19)26(33)29(25(21)32)14-13-17-5-3-2-4-6-17/h2-12,15H,13-14,16H2,1H3,(H,28,30,31). The van der Waals surface area contributed by atoms with E-state index in [1.807, 2.05) is 30.3 Å². The van der Waals surface area contributed by atoms with E-state index in [2.05, 4.69) is 5.32 Å². The van der Waals surface area contributed by atoms with Crippen LogP contribution in [-0.2, 0) is 16.0 Å². The van der Waals surface area contributed by atoms with Crippen LogP contribution in [0.1, 0.15) is 47.0 Å². The zero-order chi connectivity index (χ0) is 25.7. The fourth-order valence-corrected chi connectivity index (χ4v) is 3.70. The minimum Gasteiger partial charge on any atom is -0.497 e. The van der Waals surface area contributed by atoms with Gasteiger partial charge in [-0.3, -0.25) is 29.4 Å². The van der Waals surface area contributed by atoms with Crippen LogP contribution in [0.3, 0.4) is 0 Å². The molecule has 0 radical (unpaired) electrons. The highest BCUT2D eigenvalue weighted by molar-refractivity contribution is 6.22. The number of methoxy groups -OCH3 is 1. The van der Waals surface area contributed by atoms with Crippen molar-refractivity contribution in [2.45, 2.75) is 6.42 Å². The van der Waals surface area contributed by atoms with E-state index >= 15 is 0 Å². The van der Waals surface area contributed by atoms with Crippen LogP contribution in [-0.4, -0.2) is 54.8 Å². The normalized spacial score (nSPS) is 12.2. The lowest BCUT2D eigenvalue weighted by atomic mass is 10.1. The summed E-state index contributed by atoms with van der Waals surface area (Å²) in [5.74, 6) is -2.71. The Morgan fingerprint density at radius 1 is 0.833 bits per heavy atom. The van der Waals surface area contributed by atoms with Crippen molar-refractivity contribution >= 4 is 29.6 Å². The van der Waals surface area contributed by atoms with E-state index < -0.39 is 36.2 Å². The number of rotatable bonds is 8. The topological polar surface area (TPSA) is 119 Å². The maximum Gasteiger partial charge on any atom is 0.338 e. The number of fused-ring (bicyclic) bond motifs is 1. The highest BCUT2D eigenvalue weighted by Gasteiger charge is 2.35. The number of carbonyl (C=O) groups is 5. The lowest BCUT2D eigenvalue weighted by Gasteiger charge is -2.13. The SMILES string of the molecule is COc1ccc(C(=O)NC(=O)COC(=O)c2ccc3c(c2)C(=O)N(CCc2ccccc2)C3=O)cc1. The average molecular weight is 486 g/mol. The lowest BCUT2D eigenvalue weighted by molar-refractivity contribution is -0.123.